The van der Waals surface area contributed by atoms with Gasteiger partial charge in [0.1, 0.15) is 5.82 Å². The van der Waals surface area contributed by atoms with E-state index >= 15 is 0 Å². The highest BCUT2D eigenvalue weighted by atomic mass is 79.9. The van der Waals surface area contributed by atoms with Crippen molar-refractivity contribution >= 4 is 50.5 Å². The van der Waals surface area contributed by atoms with E-state index in [4.69, 9.17) is 0 Å². The highest BCUT2D eigenvalue weighted by Crippen LogP contribution is 2.24. The molecule has 7 nitrogen and oxygen atoms in total. The van der Waals surface area contributed by atoms with Gasteiger partial charge in [-0.3, -0.25) is 4.79 Å². The van der Waals surface area contributed by atoms with Crippen LogP contribution in [0.1, 0.15) is 31.1 Å². The van der Waals surface area contributed by atoms with Gasteiger partial charge in [0.2, 0.25) is 0 Å². The van der Waals surface area contributed by atoms with E-state index in [0.717, 1.165) is 38.8 Å². The number of carbonyl (C=O) groups is 1. The molecule has 0 radical (unpaired) electrons. The monoisotopic (exact) mass is 476 g/mol. The van der Waals surface area contributed by atoms with E-state index in [9.17, 15) is 4.79 Å². The van der Waals surface area contributed by atoms with Crippen LogP contribution < -0.4 is 10.6 Å². The summed E-state index contributed by atoms with van der Waals surface area (Å²) in [5.74, 6) is 2.10. The van der Waals surface area contributed by atoms with E-state index in [0.29, 0.717) is 24.6 Å². The molecule has 29 heavy (non-hydrogen) atoms. The van der Waals surface area contributed by atoms with Crippen molar-refractivity contribution in [3.63, 3.8) is 0 Å². The minimum Gasteiger partial charge on any atom is -0.369 e. The molecular weight excluding hydrogens is 452 g/mol. The lowest BCUT2D eigenvalue weighted by Crippen LogP contribution is -2.27. The SMILES string of the molecule is CCSc1nc(NCC(C)C)c2cnn(CCNC(=O)c3cccc(Br)c3)c2n1. The van der Waals surface area contributed by atoms with E-state index < -0.39 is 0 Å². The number of fused-ring (bicyclic) bond motifs is 1. The first-order chi connectivity index (χ1) is 14.0. The van der Waals surface area contributed by atoms with Gasteiger partial charge in [0.05, 0.1) is 18.1 Å². The van der Waals surface area contributed by atoms with E-state index in [1.807, 2.05) is 16.8 Å². The van der Waals surface area contributed by atoms with Gasteiger partial charge >= 0.3 is 0 Å². The summed E-state index contributed by atoms with van der Waals surface area (Å²) in [5.41, 5.74) is 1.40. The molecule has 2 aromatic heterocycles. The second-order valence-corrected chi connectivity index (χ2v) is 9.08. The fourth-order valence-corrected chi connectivity index (χ4v) is 3.70. The van der Waals surface area contributed by atoms with Gasteiger partial charge in [0, 0.05) is 23.1 Å². The molecule has 0 saturated carbocycles. The first kappa shape index (κ1) is 21.6. The Labute approximate surface area is 183 Å². The molecule has 3 rings (SSSR count). The van der Waals surface area contributed by atoms with Crippen molar-refractivity contribution in [1.29, 1.82) is 0 Å². The number of aromatic nitrogens is 4. The maximum absolute atomic E-state index is 12.3. The third-order valence-corrected chi connectivity index (χ3v) is 5.35. The number of hydrogen-bond donors (Lipinski definition) is 2. The van der Waals surface area contributed by atoms with Crippen LogP contribution in [-0.4, -0.2) is 44.5 Å². The van der Waals surface area contributed by atoms with E-state index in [1.54, 1.807) is 30.1 Å². The topological polar surface area (TPSA) is 84.7 Å². The van der Waals surface area contributed by atoms with Crippen LogP contribution in [0, 0.1) is 5.92 Å². The van der Waals surface area contributed by atoms with Crippen molar-refractivity contribution in [3.8, 4) is 0 Å². The summed E-state index contributed by atoms with van der Waals surface area (Å²) in [6.07, 6.45) is 1.79. The Bertz CT molecular complexity index is 990. The molecule has 0 aliphatic rings. The van der Waals surface area contributed by atoms with Crippen LogP contribution >= 0.6 is 27.7 Å². The molecule has 3 aromatic rings. The number of anilines is 1. The molecule has 2 heterocycles. The predicted molar refractivity (Wildman–Crippen MR) is 122 cm³/mol. The predicted octanol–water partition coefficient (Wildman–Crippen LogP) is 4.20. The van der Waals surface area contributed by atoms with Gasteiger partial charge in [-0.05, 0) is 29.9 Å². The van der Waals surface area contributed by atoms with Crippen molar-refractivity contribution in [1.82, 2.24) is 25.1 Å². The van der Waals surface area contributed by atoms with Crippen LogP contribution in [0.5, 0.6) is 0 Å². The molecule has 0 saturated heterocycles. The normalized spacial score (nSPS) is 11.2. The van der Waals surface area contributed by atoms with Crippen molar-refractivity contribution in [2.75, 3.05) is 24.2 Å². The lowest BCUT2D eigenvalue weighted by Gasteiger charge is -2.11. The molecule has 9 heteroatoms. The van der Waals surface area contributed by atoms with E-state index in [1.165, 1.54) is 0 Å². The number of amides is 1. The number of thioether (sulfide) groups is 1. The standard InChI is InChI=1S/C20H25BrN6OS/c1-4-29-20-25-17(23-11-13(2)3)16-12-24-27(18(16)26-20)9-8-22-19(28)14-6-5-7-15(21)10-14/h5-7,10,12-13H,4,8-9,11H2,1-3H3,(H,22,28)(H,23,25,26). The average Bonchev–Trinajstić information content (AvgIpc) is 3.09. The lowest BCUT2D eigenvalue weighted by atomic mass is 10.2. The van der Waals surface area contributed by atoms with Crippen LogP contribution in [0.15, 0.2) is 40.1 Å². The summed E-state index contributed by atoms with van der Waals surface area (Å²) in [6.45, 7) is 8.20. The number of nitrogens with zero attached hydrogens (tertiary/aromatic N) is 4. The molecule has 1 aromatic carbocycles. The minimum atomic E-state index is -0.112. The second kappa shape index (κ2) is 10.1. The zero-order chi connectivity index (χ0) is 20.8. The molecule has 0 aliphatic heterocycles. The smallest absolute Gasteiger partial charge is 0.251 e. The van der Waals surface area contributed by atoms with Crippen molar-refractivity contribution < 1.29 is 4.79 Å². The number of rotatable bonds is 9. The van der Waals surface area contributed by atoms with Gasteiger partial charge < -0.3 is 10.6 Å². The quantitative estimate of drug-likeness (QED) is 0.355. The summed E-state index contributed by atoms with van der Waals surface area (Å²) in [7, 11) is 0. The molecule has 2 N–H and O–H groups in total. The zero-order valence-electron chi connectivity index (χ0n) is 16.8. The van der Waals surface area contributed by atoms with Crippen LogP contribution in [0.25, 0.3) is 11.0 Å². The molecule has 0 atom stereocenters. The number of nitrogens with one attached hydrogen (secondary N) is 2. The highest BCUT2D eigenvalue weighted by molar-refractivity contribution is 9.10. The summed E-state index contributed by atoms with van der Waals surface area (Å²) < 4.78 is 2.70. The number of halogens is 1. The van der Waals surface area contributed by atoms with E-state index in [-0.39, 0.29) is 5.91 Å². The lowest BCUT2D eigenvalue weighted by molar-refractivity contribution is 0.0952. The molecule has 0 spiro atoms. The van der Waals surface area contributed by atoms with Crippen LogP contribution in [0.2, 0.25) is 0 Å². The first-order valence-electron chi connectivity index (χ1n) is 9.62. The fraction of sp³-hybridized carbons (Fsp3) is 0.400. The van der Waals surface area contributed by atoms with Gasteiger partial charge in [-0.1, -0.05) is 54.5 Å². The second-order valence-electron chi connectivity index (χ2n) is 6.93. The fourth-order valence-electron chi connectivity index (χ4n) is 2.74. The average molecular weight is 477 g/mol. The Morgan fingerprint density at radius 2 is 2.14 bits per heavy atom. The Hall–Kier alpha value is -2.13. The molecule has 0 bridgehead atoms. The molecule has 0 fully saturated rings. The Morgan fingerprint density at radius 3 is 2.86 bits per heavy atom. The van der Waals surface area contributed by atoms with Gasteiger partial charge in [0.15, 0.2) is 10.8 Å². The van der Waals surface area contributed by atoms with Crippen molar-refractivity contribution in [3.05, 3.63) is 40.5 Å². The summed E-state index contributed by atoms with van der Waals surface area (Å²) >= 11 is 4.99. The third kappa shape index (κ3) is 5.70. The highest BCUT2D eigenvalue weighted by Gasteiger charge is 2.14. The summed E-state index contributed by atoms with van der Waals surface area (Å²) in [5, 5.41) is 12.4. The number of benzene rings is 1. The van der Waals surface area contributed by atoms with Gasteiger partial charge in [0.25, 0.3) is 5.91 Å². The zero-order valence-corrected chi connectivity index (χ0v) is 19.2. The largest absolute Gasteiger partial charge is 0.369 e. The molecular formula is C20H25BrN6OS. The molecule has 154 valence electrons. The van der Waals surface area contributed by atoms with Crippen molar-refractivity contribution in [2.45, 2.75) is 32.5 Å². The van der Waals surface area contributed by atoms with Gasteiger partial charge in [-0.15, -0.1) is 0 Å². The Kier molecular flexibility index (Phi) is 7.49. The molecule has 0 unspecified atom stereocenters. The van der Waals surface area contributed by atoms with Crippen LogP contribution in [0.4, 0.5) is 5.82 Å². The number of hydrogen-bond acceptors (Lipinski definition) is 6. The van der Waals surface area contributed by atoms with Crippen LogP contribution in [0.3, 0.4) is 0 Å². The van der Waals surface area contributed by atoms with Crippen molar-refractivity contribution in [2.24, 2.45) is 5.92 Å². The third-order valence-electron chi connectivity index (χ3n) is 4.12. The van der Waals surface area contributed by atoms with Gasteiger partial charge in [-0.2, -0.15) is 5.10 Å². The first-order valence-corrected chi connectivity index (χ1v) is 11.4. The number of carbonyl (C=O) groups excluding carboxylic acids is 1. The maximum Gasteiger partial charge on any atom is 0.251 e. The molecule has 0 aliphatic carbocycles. The van der Waals surface area contributed by atoms with Gasteiger partial charge in [-0.25, -0.2) is 14.6 Å². The van der Waals surface area contributed by atoms with E-state index in [2.05, 4.69) is 62.4 Å². The summed E-state index contributed by atoms with van der Waals surface area (Å²) in [4.78, 5) is 21.6. The maximum atomic E-state index is 12.3. The van der Waals surface area contributed by atoms with Crippen LogP contribution in [-0.2, 0) is 6.54 Å². The summed E-state index contributed by atoms with van der Waals surface area (Å²) in [6, 6.07) is 7.32. The Balaban J connectivity index is 1.74. The molecule has 1 amide bonds. The Morgan fingerprint density at radius 1 is 1.31 bits per heavy atom. The minimum absolute atomic E-state index is 0.112.